The molecule has 1 amide bonds. The summed E-state index contributed by atoms with van der Waals surface area (Å²) in [6, 6.07) is 8.87. The van der Waals surface area contributed by atoms with Crippen molar-refractivity contribution in [3.63, 3.8) is 0 Å². The van der Waals surface area contributed by atoms with Crippen LogP contribution in [-0.2, 0) is 6.42 Å². The molecule has 5 heteroatoms. The standard InChI is InChI=1S/C13H14N2O2S/c14-9-3-4-11(13(15)16)12(8-9)17-6-5-10-2-1-7-18-10/h1-4,7-8H,5-6,14H2,(H2,15,16). The van der Waals surface area contributed by atoms with Gasteiger partial charge in [-0.1, -0.05) is 6.07 Å². The van der Waals surface area contributed by atoms with Crippen molar-refractivity contribution in [2.75, 3.05) is 12.3 Å². The highest BCUT2D eigenvalue weighted by atomic mass is 32.1. The first-order valence-corrected chi connectivity index (χ1v) is 6.39. The fraction of sp³-hybridized carbons (Fsp3) is 0.154. The zero-order valence-corrected chi connectivity index (χ0v) is 10.6. The molecule has 0 spiro atoms. The quantitative estimate of drug-likeness (QED) is 0.809. The van der Waals surface area contributed by atoms with E-state index in [1.165, 1.54) is 4.88 Å². The number of nitrogens with two attached hydrogens (primary N) is 2. The van der Waals surface area contributed by atoms with Crippen molar-refractivity contribution in [3.05, 3.63) is 46.2 Å². The lowest BCUT2D eigenvalue weighted by atomic mass is 10.1. The average molecular weight is 262 g/mol. The highest BCUT2D eigenvalue weighted by Crippen LogP contribution is 2.22. The zero-order valence-electron chi connectivity index (χ0n) is 9.76. The lowest BCUT2D eigenvalue weighted by Gasteiger charge is -2.09. The summed E-state index contributed by atoms with van der Waals surface area (Å²) in [6.07, 6.45) is 0.796. The van der Waals surface area contributed by atoms with E-state index in [1.807, 2.05) is 17.5 Å². The molecule has 0 saturated heterocycles. The predicted octanol–water partition coefficient (Wildman–Crippen LogP) is 2.05. The number of thiophene rings is 1. The van der Waals surface area contributed by atoms with E-state index in [0.29, 0.717) is 23.6 Å². The number of carbonyl (C=O) groups excluding carboxylic acids is 1. The van der Waals surface area contributed by atoms with E-state index in [2.05, 4.69) is 0 Å². The van der Waals surface area contributed by atoms with Crippen molar-refractivity contribution < 1.29 is 9.53 Å². The molecule has 2 rings (SSSR count). The third-order valence-electron chi connectivity index (χ3n) is 2.46. The molecule has 1 aromatic heterocycles. The van der Waals surface area contributed by atoms with Crippen LogP contribution in [0.4, 0.5) is 5.69 Å². The predicted molar refractivity (Wildman–Crippen MR) is 72.9 cm³/mol. The number of ether oxygens (including phenoxy) is 1. The number of primary amides is 1. The largest absolute Gasteiger partial charge is 0.492 e. The van der Waals surface area contributed by atoms with Gasteiger partial charge >= 0.3 is 0 Å². The summed E-state index contributed by atoms with van der Waals surface area (Å²) >= 11 is 1.68. The molecule has 0 aliphatic carbocycles. The first kappa shape index (κ1) is 12.4. The molecule has 18 heavy (non-hydrogen) atoms. The summed E-state index contributed by atoms with van der Waals surface area (Å²) in [5, 5.41) is 2.02. The minimum absolute atomic E-state index is 0.357. The van der Waals surface area contributed by atoms with Crippen LogP contribution >= 0.6 is 11.3 Å². The van der Waals surface area contributed by atoms with Gasteiger partial charge < -0.3 is 16.2 Å². The zero-order chi connectivity index (χ0) is 13.0. The van der Waals surface area contributed by atoms with Gasteiger partial charge in [-0.15, -0.1) is 11.3 Å². The van der Waals surface area contributed by atoms with Crippen LogP contribution in [-0.4, -0.2) is 12.5 Å². The Morgan fingerprint density at radius 1 is 1.33 bits per heavy atom. The van der Waals surface area contributed by atoms with Crippen molar-refractivity contribution in [1.82, 2.24) is 0 Å². The molecule has 0 radical (unpaired) electrons. The normalized spacial score (nSPS) is 10.2. The summed E-state index contributed by atoms with van der Waals surface area (Å²) in [6.45, 7) is 0.490. The van der Waals surface area contributed by atoms with Gasteiger partial charge in [0.2, 0.25) is 0 Å². The molecule has 0 saturated carbocycles. The maximum Gasteiger partial charge on any atom is 0.252 e. The average Bonchev–Trinajstić information content (AvgIpc) is 2.82. The van der Waals surface area contributed by atoms with E-state index in [1.54, 1.807) is 29.5 Å². The van der Waals surface area contributed by atoms with Crippen LogP contribution in [0, 0.1) is 0 Å². The lowest BCUT2D eigenvalue weighted by molar-refractivity contribution is 0.0996. The molecule has 4 nitrogen and oxygen atoms in total. The molecule has 94 valence electrons. The molecule has 0 fully saturated rings. The molecule has 1 heterocycles. The summed E-state index contributed by atoms with van der Waals surface area (Å²) < 4.78 is 5.58. The number of anilines is 1. The van der Waals surface area contributed by atoms with Crippen LogP contribution < -0.4 is 16.2 Å². The Labute approximate surface area is 109 Å². The summed E-state index contributed by atoms with van der Waals surface area (Å²) in [5.41, 5.74) is 11.8. The minimum atomic E-state index is -0.513. The van der Waals surface area contributed by atoms with E-state index >= 15 is 0 Å². The van der Waals surface area contributed by atoms with Crippen LogP contribution in [0.3, 0.4) is 0 Å². The topological polar surface area (TPSA) is 78.3 Å². The Hall–Kier alpha value is -2.01. The number of hydrogen-bond acceptors (Lipinski definition) is 4. The van der Waals surface area contributed by atoms with Gasteiger partial charge in [-0.05, 0) is 23.6 Å². The van der Waals surface area contributed by atoms with Crippen LogP contribution in [0.2, 0.25) is 0 Å². The Kier molecular flexibility index (Phi) is 3.84. The molecule has 0 bridgehead atoms. The Balaban J connectivity index is 2.03. The van der Waals surface area contributed by atoms with Crippen molar-refractivity contribution >= 4 is 22.9 Å². The minimum Gasteiger partial charge on any atom is -0.492 e. The number of benzene rings is 1. The van der Waals surface area contributed by atoms with Crippen LogP contribution in [0.5, 0.6) is 5.75 Å². The highest BCUT2D eigenvalue weighted by Gasteiger charge is 2.09. The molecule has 4 N–H and O–H groups in total. The molecule has 1 aromatic carbocycles. The third kappa shape index (κ3) is 3.01. The van der Waals surface area contributed by atoms with Gasteiger partial charge in [0.05, 0.1) is 12.2 Å². The Morgan fingerprint density at radius 3 is 2.83 bits per heavy atom. The van der Waals surface area contributed by atoms with Gasteiger partial charge in [0.15, 0.2) is 0 Å². The second-order valence-corrected chi connectivity index (χ2v) is 4.83. The van der Waals surface area contributed by atoms with Gasteiger partial charge in [-0.25, -0.2) is 0 Å². The lowest BCUT2D eigenvalue weighted by Crippen LogP contribution is -2.14. The van der Waals surface area contributed by atoms with Crippen LogP contribution in [0.25, 0.3) is 0 Å². The summed E-state index contributed by atoms with van der Waals surface area (Å²) in [5.74, 6) is -0.0693. The van der Waals surface area contributed by atoms with Gasteiger partial charge in [-0.3, -0.25) is 4.79 Å². The first-order valence-electron chi connectivity index (χ1n) is 5.51. The smallest absolute Gasteiger partial charge is 0.252 e. The number of amides is 1. The number of carbonyl (C=O) groups is 1. The maximum absolute atomic E-state index is 11.2. The second-order valence-electron chi connectivity index (χ2n) is 3.80. The van der Waals surface area contributed by atoms with Crippen molar-refractivity contribution in [3.8, 4) is 5.75 Å². The van der Waals surface area contributed by atoms with Crippen molar-refractivity contribution in [2.45, 2.75) is 6.42 Å². The number of nitrogen functional groups attached to an aromatic ring is 1. The molecule has 0 unspecified atom stereocenters. The molecule has 2 aromatic rings. The molecular formula is C13H14N2O2S. The van der Waals surface area contributed by atoms with Gasteiger partial charge in [0.25, 0.3) is 5.91 Å². The third-order valence-corrected chi connectivity index (χ3v) is 3.39. The van der Waals surface area contributed by atoms with Crippen molar-refractivity contribution in [1.29, 1.82) is 0 Å². The van der Waals surface area contributed by atoms with Gasteiger partial charge in [0.1, 0.15) is 5.75 Å². The number of hydrogen-bond donors (Lipinski definition) is 2. The van der Waals surface area contributed by atoms with Gasteiger partial charge in [-0.2, -0.15) is 0 Å². The summed E-state index contributed by atoms with van der Waals surface area (Å²) in [4.78, 5) is 12.5. The fourth-order valence-corrected chi connectivity index (χ4v) is 2.27. The monoisotopic (exact) mass is 262 g/mol. The SMILES string of the molecule is NC(=O)c1ccc(N)cc1OCCc1cccs1. The molecule has 0 aliphatic rings. The molecular weight excluding hydrogens is 248 g/mol. The van der Waals surface area contributed by atoms with Crippen LogP contribution in [0.15, 0.2) is 35.7 Å². The number of rotatable bonds is 5. The molecule has 0 aliphatic heterocycles. The maximum atomic E-state index is 11.2. The van der Waals surface area contributed by atoms with E-state index < -0.39 is 5.91 Å². The van der Waals surface area contributed by atoms with Crippen molar-refractivity contribution in [2.24, 2.45) is 5.73 Å². The Morgan fingerprint density at radius 2 is 2.17 bits per heavy atom. The van der Waals surface area contributed by atoms with Crippen LogP contribution in [0.1, 0.15) is 15.2 Å². The van der Waals surface area contributed by atoms with E-state index in [4.69, 9.17) is 16.2 Å². The van der Waals surface area contributed by atoms with Gasteiger partial charge in [0, 0.05) is 23.1 Å². The first-order chi connectivity index (χ1) is 8.66. The fourth-order valence-electron chi connectivity index (χ4n) is 1.58. The van der Waals surface area contributed by atoms with E-state index in [-0.39, 0.29) is 0 Å². The second kappa shape index (κ2) is 5.55. The van der Waals surface area contributed by atoms with E-state index in [9.17, 15) is 4.79 Å². The molecule has 0 atom stereocenters. The van der Waals surface area contributed by atoms with E-state index in [0.717, 1.165) is 6.42 Å². The highest BCUT2D eigenvalue weighted by molar-refractivity contribution is 7.09. The summed E-state index contributed by atoms with van der Waals surface area (Å²) in [7, 11) is 0. The Bertz CT molecular complexity index is 538.